The molecule has 1 aromatic rings. The maximum Gasteiger partial charge on any atom is 0.0642 e. The zero-order chi connectivity index (χ0) is 10.7. The van der Waals surface area contributed by atoms with Crippen LogP contribution in [0.2, 0.25) is 5.02 Å². The van der Waals surface area contributed by atoms with E-state index in [1.807, 2.05) is 18.2 Å². The van der Waals surface area contributed by atoms with Gasteiger partial charge in [0.1, 0.15) is 0 Å². The van der Waals surface area contributed by atoms with Gasteiger partial charge in [-0.2, -0.15) is 0 Å². The van der Waals surface area contributed by atoms with E-state index in [0.717, 1.165) is 42.6 Å². The monoisotopic (exact) mass is 245 g/mol. The quantitative estimate of drug-likeness (QED) is 0.744. The van der Waals surface area contributed by atoms with Gasteiger partial charge in [-0.1, -0.05) is 17.7 Å². The van der Waals surface area contributed by atoms with Crippen molar-refractivity contribution in [2.24, 2.45) is 0 Å². The van der Waals surface area contributed by atoms with Crippen molar-refractivity contribution in [2.45, 2.75) is 5.88 Å². The lowest BCUT2D eigenvalue weighted by atomic mass is 10.2. The van der Waals surface area contributed by atoms with Crippen LogP contribution in [0.1, 0.15) is 5.56 Å². The summed E-state index contributed by atoms with van der Waals surface area (Å²) in [5, 5.41) is 0.773. The Kier molecular flexibility index (Phi) is 3.73. The highest BCUT2D eigenvalue weighted by atomic mass is 35.5. The Morgan fingerprint density at radius 3 is 2.60 bits per heavy atom. The largest absolute Gasteiger partial charge is 0.378 e. The number of benzene rings is 1. The first-order valence-corrected chi connectivity index (χ1v) is 5.89. The second-order valence-corrected chi connectivity index (χ2v) is 4.19. The maximum atomic E-state index is 6.20. The summed E-state index contributed by atoms with van der Waals surface area (Å²) in [6.07, 6.45) is 0. The molecule has 0 aliphatic carbocycles. The number of alkyl halides is 1. The van der Waals surface area contributed by atoms with Crippen LogP contribution in [0.25, 0.3) is 0 Å². The van der Waals surface area contributed by atoms with Crippen molar-refractivity contribution in [1.82, 2.24) is 0 Å². The van der Waals surface area contributed by atoms with Crippen molar-refractivity contribution in [3.63, 3.8) is 0 Å². The molecule has 0 spiro atoms. The molecular weight excluding hydrogens is 233 g/mol. The number of nitrogens with zero attached hydrogens (tertiary/aromatic N) is 1. The summed E-state index contributed by atoms with van der Waals surface area (Å²) < 4.78 is 5.30. The average molecular weight is 246 g/mol. The molecule has 0 unspecified atom stereocenters. The van der Waals surface area contributed by atoms with Crippen LogP contribution < -0.4 is 4.90 Å². The normalized spacial score (nSPS) is 16.8. The smallest absolute Gasteiger partial charge is 0.0642 e. The molecule has 1 heterocycles. The SMILES string of the molecule is ClCc1ccc(N2CCOCC2)c(Cl)c1. The molecule has 0 radical (unpaired) electrons. The van der Waals surface area contributed by atoms with E-state index in [4.69, 9.17) is 27.9 Å². The standard InChI is InChI=1S/C11H13Cl2NO/c12-8-9-1-2-11(10(13)7-9)14-3-5-15-6-4-14/h1-2,7H,3-6,8H2. The highest BCUT2D eigenvalue weighted by molar-refractivity contribution is 6.33. The molecule has 2 nitrogen and oxygen atoms in total. The third kappa shape index (κ3) is 2.57. The average Bonchev–Trinajstić information content (AvgIpc) is 2.30. The van der Waals surface area contributed by atoms with Crippen molar-refractivity contribution in [3.8, 4) is 0 Å². The van der Waals surface area contributed by atoms with Gasteiger partial charge in [-0.25, -0.2) is 0 Å². The van der Waals surface area contributed by atoms with Gasteiger partial charge in [0.2, 0.25) is 0 Å². The van der Waals surface area contributed by atoms with Crippen molar-refractivity contribution >= 4 is 28.9 Å². The van der Waals surface area contributed by atoms with Gasteiger partial charge in [0, 0.05) is 19.0 Å². The lowest BCUT2D eigenvalue weighted by molar-refractivity contribution is 0.122. The molecule has 82 valence electrons. The molecule has 1 fully saturated rings. The van der Waals surface area contributed by atoms with Gasteiger partial charge in [0.15, 0.2) is 0 Å². The Balaban J connectivity index is 2.19. The number of hydrogen-bond donors (Lipinski definition) is 0. The van der Waals surface area contributed by atoms with Crippen LogP contribution in [0.3, 0.4) is 0 Å². The van der Waals surface area contributed by atoms with Crippen LogP contribution >= 0.6 is 23.2 Å². The van der Waals surface area contributed by atoms with Gasteiger partial charge in [-0.15, -0.1) is 11.6 Å². The molecule has 2 rings (SSSR count). The van der Waals surface area contributed by atoms with Gasteiger partial charge >= 0.3 is 0 Å². The molecule has 0 saturated carbocycles. The molecule has 1 saturated heterocycles. The number of ether oxygens (including phenoxy) is 1. The van der Waals surface area contributed by atoms with Crippen LogP contribution in [-0.2, 0) is 10.6 Å². The Labute approximate surface area is 99.7 Å². The maximum absolute atomic E-state index is 6.20. The van der Waals surface area contributed by atoms with Crippen molar-refractivity contribution in [2.75, 3.05) is 31.2 Å². The molecule has 1 aliphatic heterocycles. The summed E-state index contributed by atoms with van der Waals surface area (Å²) in [5.74, 6) is 0.503. The Morgan fingerprint density at radius 2 is 2.00 bits per heavy atom. The van der Waals surface area contributed by atoms with Crippen LogP contribution in [0.4, 0.5) is 5.69 Å². The fourth-order valence-corrected chi connectivity index (χ4v) is 2.18. The van der Waals surface area contributed by atoms with Crippen LogP contribution in [-0.4, -0.2) is 26.3 Å². The second-order valence-electron chi connectivity index (χ2n) is 3.52. The van der Waals surface area contributed by atoms with Crippen LogP contribution in [0, 0.1) is 0 Å². The van der Waals surface area contributed by atoms with Gasteiger partial charge in [-0.05, 0) is 17.7 Å². The number of hydrogen-bond acceptors (Lipinski definition) is 2. The first kappa shape index (κ1) is 11.1. The van der Waals surface area contributed by atoms with E-state index < -0.39 is 0 Å². The summed E-state index contributed by atoms with van der Waals surface area (Å²) in [6.45, 7) is 3.35. The van der Waals surface area contributed by atoms with Gasteiger partial charge < -0.3 is 9.64 Å². The van der Waals surface area contributed by atoms with E-state index in [-0.39, 0.29) is 0 Å². The zero-order valence-electron chi connectivity index (χ0n) is 8.38. The molecular formula is C11H13Cl2NO. The van der Waals surface area contributed by atoms with E-state index in [0.29, 0.717) is 5.88 Å². The third-order valence-corrected chi connectivity index (χ3v) is 3.13. The van der Waals surface area contributed by atoms with Crippen LogP contribution in [0.15, 0.2) is 18.2 Å². The summed E-state index contributed by atoms with van der Waals surface area (Å²) >= 11 is 11.9. The first-order valence-electron chi connectivity index (χ1n) is 4.98. The molecule has 0 bridgehead atoms. The second kappa shape index (κ2) is 5.06. The lowest BCUT2D eigenvalue weighted by Gasteiger charge is -2.29. The van der Waals surface area contributed by atoms with Crippen molar-refractivity contribution in [1.29, 1.82) is 0 Å². The molecule has 15 heavy (non-hydrogen) atoms. The molecule has 0 amide bonds. The highest BCUT2D eigenvalue weighted by Gasteiger charge is 2.13. The molecule has 0 atom stereocenters. The third-order valence-electron chi connectivity index (χ3n) is 2.52. The van der Waals surface area contributed by atoms with E-state index in [1.54, 1.807) is 0 Å². The number of halogens is 2. The number of morpholine rings is 1. The molecule has 4 heteroatoms. The van der Waals surface area contributed by atoms with Gasteiger partial charge in [0.25, 0.3) is 0 Å². The topological polar surface area (TPSA) is 12.5 Å². The number of anilines is 1. The minimum atomic E-state index is 0.503. The Bertz CT molecular complexity index is 337. The highest BCUT2D eigenvalue weighted by Crippen LogP contribution is 2.27. The molecule has 1 aliphatic rings. The predicted molar refractivity (Wildman–Crippen MR) is 64.0 cm³/mol. The fraction of sp³-hybridized carbons (Fsp3) is 0.455. The Hall–Kier alpha value is -0.440. The minimum absolute atomic E-state index is 0.503. The molecule has 0 N–H and O–H groups in total. The van der Waals surface area contributed by atoms with E-state index >= 15 is 0 Å². The zero-order valence-corrected chi connectivity index (χ0v) is 9.89. The van der Waals surface area contributed by atoms with Crippen molar-refractivity contribution < 1.29 is 4.74 Å². The van der Waals surface area contributed by atoms with E-state index in [2.05, 4.69) is 4.90 Å². The molecule has 1 aromatic carbocycles. The summed E-state index contributed by atoms with van der Waals surface area (Å²) in [6, 6.07) is 5.98. The van der Waals surface area contributed by atoms with E-state index in [9.17, 15) is 0 Å². The first-order chi connectivity index (χ1) is 7.31. The summed E-state index contributed by atoms with van der Waals surface area (Å²) in [4.78, 5) is 2.24. The van der Waals surface area contributed by atoms with Gasteiger partial charge in [-0.3, -0.25) is 0 Å². The van der Waals surface area contributed by atoms with E-state index in [1.165, 1.54) is 0 Å². The van der Waals surface area contributed by atoms with Crippen molar-refractivity contribution in [3.05, 3.63) is 28.8 Å². The van der Waals surface area contributed by atoms with Crippen LogP contribution in [0.5, 0.6) is 0 Å². The minimum Gasteiger partial charge on any atom is -0.378 e. The molecule has 0 aromatic heterocycles. The predicted octanol–water partition coefficient (Wildman–Crippen LogP) is 2.92. The van der Waals surface area contributed by atoms with Gasteiger partial charge in [0.05, 0.1) is 23.9 Å². The summed E-state index contributed by atoms with van der Waals surface area (Å²) in [7, 11) is 0. The Morgan fingerprint density at radius 1 is 1.27 bits per heavy atom. The number of rotatable bonds is 2. The lowest BCUT2D eigenvalue weighted by Crippen LogP contribution is -2.36. The summed E-state index contributed by atoms with van der Waals surface area (Å²) in [5.41, 5.74) is 2.13. The fourth-order valence-electron chi connectivity index (χ4n) is 1.69.